The monoisotopic (exact) mass is 364 g/mol. The Balaban J connectivity index is 2.51. The van der Waals surface area contributed by atoms with Gasteiger partial charge in [-0.3, -0.25) is 14.4 Å². The summed E-state index contributed by atoms with van der Waals surface area (Å²) in [7, 11) is 0. The number of likely N-dealkylation sites (N-methyl/N-ethyl adjacent to an activating group) is 1. The molecule has 0 aliphatic rings. The molecule has 144 valence electrons. The summed E-state index contributed by atoms with van der Waals surface area (Å²) in [5.41, 5.74) is 1.16. The minimum Gasteiger partial charge on any atom is -0.480 e. The first-order chi connectivity index (χ1) is 12.3. The summed E-state index contributed by atoms with van der Waals surface area (Å²) in [6.45, 7) is 8.51. The summed E-state index contributed by atoms with van der Waals surface area (Å²) in [5, 5.41) is 17.5. The number of nitrogens with zero attached hydrogens (tertiary/aromatic N) is 1. The van der Waals surface area contributed by atoms with E-state index < -0.39 is 12.0 Å². The molecule has 0 unspecified atom stereocenters. The highest BCUT2D eigenvalue weighted by atomic mass is 16.4. The van der Waals surface area contributed by atoms with E-state index in [-0.39, 0.29) is 18.2 Å². The SMILES string of the molecule is CCN(CC)CCN[C@@H](CC(=O)Nc1ccc(NC(C)=O)cc1)C(=O)O. The summed E-state index contributed by atoms with van der Waals surface area (Å²) in [4.78, 5) is 36.6. The Morgan fingerprint density at radius 2 is 1.58 bits per heavy atom. The molecule has 8 nitrogen and oxygen atoms in total. The van der Waals surface area contributed by atoms with Crippen molar-refractivity contribution in [2.45, 2.75) is 33.2 Å². The highest BCUT2D eigenvalue weighted by Crippen LogP contribution is 2.14. The number of benzene rings is 1. The molecule has 0 aliphatic carbocycles. The zero-order valence-corrected chi connectivity index (χ0v) is 15.5. The average Bonchev–Trinajstić information content (AvgIpc) is 2.58. The molecule has 0 radical (unpaired) electrons. The molecular weight excluding hydrogens is 336 g/mol. The maximum Gasteiger partial charge on any atom is 0.321 e. The third kappa shape index (κ3) is 8.09. The van der Waals surface area contributed by atoms with Crippen molar-refractivity contribution in [2.24, 2.45) is 0 Å². The first-order valence-electron chi connectivity index (χ1n) is 8.71. The molecule has 26 heavy (non-hydrogen) atoms. The number of carbonyl (C=O) groups is 3. The van der Waals surface area contributed by atoms with Gasteiger partial charge in [0, 0.05) is 31.4 Å². The van der Waals surface area contributed by atoms with Crippen LogP contribution in [0, 0.1) is 0 Å². The minimum atomic E-state index is -1.05. The molecule has 0 saturated carbocycles. The number of rotatable bonds is 11. The Kier molecular flexibility index (Phi) is 9.32. The summed E-state index contributed by atoms with van der Waals surface area (Å²) < 4.78 is 0. The molecule has 1 atom stereocenters. The number of amides is 2. The summed E-state index contributed by atoms with van der Waals surface area (Å²) >= 11 is 0. The zero-order chi connectivity index (χ0) is 19.5. The van der Waals surface area contributed by atoms with E-state index in [0.717, 1.165) is 19.6 Å². The summed E-state index contributed by atoms with van der Waals surface area (Å²) in [6, 6.07) is 5.67. The van der Waals surface area contributed by atoms with Gasteiger partial charge < -0.3 is 26.0 Å². The molecule has 2 amide bonds. The highest BCUT2D eigenvalue weighted by molar-refractivity contribution is 5.94. The van der Waals surface area contributed by atoms with Gasteiger partial charge in [-0.15, -0.1) is 0 Å². The Labute approximate surface area is 153 Å². The van der Waals surface area contributed by atoms with E-state index in [9.17, 15) is 19.5 Å². The fourth-order valence-electron chi connectivity index (χ4n) is 2.42. The van der Waals surface area contributed by atoms with Crippen LogP contribution in [-0.4, -0.2) is 60.0 Å². The zero-order valence-electron chi connectivity index (χ0n) is 15.5. The maximum absolute atomic E-state index is 12.1. The van der Waals surface area contributed by atoms with Gasteiger partial charge in [-0.25, -0.2) is 0 Å². The molecule has 1 aromatic rings. The molecule has 0 fully saturated rings. The third-order valence-corrected chi connectivity index (χ3v) is 3.89. The van der Waals surface area contributed by atoms with Crippen LogP contribution in [0.25, 0.3) is 0 Å². The minimum absolute atomic E-state index is 0.166. The number of carboxylic acid groups (broad SMARTS) is 1. The van der Waals surface area contributed by atoms with Crippen molar-refractivity contribution < 1.29 is 19.5 Å². The van der Waals surface area contributed by atoms with E-state index in [1.54, 1.807) is 24.3 Å². The van der Waals surface area contributed by atoms with Crippen molar-refractivity contribution in [1.82, 2.24) is 10.2 Å². The van der Waals surface area contributed by atoms with Crippen molar-refractivity contribution in [3.05, 3.63) is 24.3 Å². The normalized spacial score (nSPS) is 11.8. The Bertz CT molecular complexity index is 600. The molecule has 0 bridgehead atoms. The van der Waals surface area contributed by atoms with Crippen LogP contribution < -0.4 is 16.0 Å². The molecule has 1 rings (SSSR count). The Hall–Kier alpha value is -2.45. The number of nitrogens with one attached hydrogen (secondary N) is 3. The lowest BCUT2D eigenvalue weighted by molar-refractivity contribution is -0.141. The maximum atomic E-state index is 12.1. The lowest BCUT2D eigenvalue weighted by atomic mass is 10.2. The largest absolute Gasteiger partial charge is 0.480 e. The number of aliphatic carboxylic acids is 1. The molecule has 0 heterocycles. The van der Waals surface area contributed by atoms with Gasteiger partial charge in [-0.1, -0.05) is 13.8 Å². The van der Waals surface area contributed by atoms with Crippen LogP contribution in [0.2, 0.25) is 0 Å². The fraction of sp³-hybridized carbons (Fsp3) is 0.500. The quantitative estimate of drug-likeness (QED) is 0.472. The Morgan fingerprint density at radius 1 is 1.04 bits per heavy atom. The van der Waals surface area contributed by atoms with E-state index in [2.05, 4.69) is 20.9 Å². The van der Waals surface area contributed by atoms with Crippen LogP contribution in [0.3, 0.4) is 0 Å². The molecule has 8 heteroatoms. The molecule has 0 aromatic heterocycles. The lowest BCUT2D eigenvalue weighted by Gasteiger charge is -2.20. The van der Waals surface area contributed by atoms with Crippen LogP contribution in [0.15, 0.2) is 24.3 Å². The predicted molar refractivity (Wildman–Crippen MR) is 101 cm³/mol. The van der Waals surface area contributed by atoms with Crippen molar-refractivity contribution in [1.29, 1.82) is 0 Å². The van der Waals surface area contributed by atoms with Gasteiger partial charge in [-0.05, 0) is 37.4 Å². The van der Waals surface area contributed by atoms with Crippen LogP contribution in [0.5, 0.6) is 0 Å². The molecule has 4 N–H and O–H groups in total. The number of hydrogen-bond acceptors (Lipinski definition) is 5. The highest BCUT2D eigenvalue weighted by Gasteiger charge is 2.20. The molecule has 1 aromatic carbocycles. The first-order valence-corrected chi connectivity index (χ1v) is 8.71. The topological polar surface area (TPSA) is 111 Å². The van der Waals surface area contributed by atoms with E-state index in [4.69, 9.17) is 0 Å². The molecule has 0 aliphatic heterocycles. The Morgan fingerprint density at radius 3 is 2.04 bits per heavy atom. The van der Waals surface area contributed by atoms with Crippen molar-refractivity contribution >= 4 is 29.2 Å². The van der Waals surface area contributed by atoms with Gasteiger partial charge >= 0.3 is 5.97 Å². The predicted octanol–water partition coefficient (Wildman–Crippen LogP) is 1.36. The number of carbonyl (C=O) groups excluding carboxylic acids is 2. The standard InChI is InChI=1S/C18H28N4O4/c1-4-22(5-2)11-10-19-16(18(25)26)12-17(24)21-15-8-6-14(7-9-15)20-13(3)23/h6-9,16,19H,4-5,10-12H2,1-3H3,(H,20,23)(H,21,24)(H,25,26)/t16-/m0/s1. The second-order valence-electron chi connectivity index (χ2n) is 5.88. The first kappa shape index (κ1) is 21.6. The van der Waals surface area contributed by atoms with Gasteiger partial charge in [0.1, 0.15) is 6.04 Å². The van der Waals surface area contributed by atoms with E-state index in [0.29, 0.717) is 17.9 Å². The van der Waals surface area contributed by atoms with Crippen molar-refractivity contribution in [3.8, 4) is 0 Å². The van der Waals surface area contributed by atoms with Crippen molar-refractivity contribution in [3.63, 3.8) is 0 Å². The van der Waals surface area contributed by atoms with Crippen LogP contribution in [-0.2, 0) is 14.4 Å². The molecule has 0 saturated heterocycles. The second kappa shape index (κ2) is 11.2. The van der Waals surface area contributed by atoms with E-state index in [1.807, 2.05) is 13.8 Å². The number of carboxylic acids is 1. The average molecular weight is 364 g/mol. The summed E-state index contributed by atoms with van der Waals surface area (Å²) in [6.07, 6.45) is -0.166. The van der Waals surface area contributed by atoms with Gasteiger partial charge in [0.15, 0.2) is 0 Å². The van der Waals surface area contributed by atoms with E-state index in [1.165, 1.54) is 6.92 Å². The molecule has 0 spiro atoms. The van der Waals surface area contributed by atoms with Crippen molar-refractivity contribution in [2.75, 3.05) is 36.8 Å². The molecular formula is C18H28N4O4. The smallest absolute Gasteiger partial charge is 0.321 e. The van der Waals surface area contributed by atoms with Gasteiger partial charge in [0.2, 0.25) is 11.8 Å². The fourth-order valence-corrected chi connectivity index (χ4v) is 2.42. The van der Waals surface area contributed by atoms with Crippen LogP contribution in [0.1, 0.15) is 27.2 Å². The van der Waals surface area contributed by atoms with Gasteiger partial charge in [0.05, 0.1) is 6.42 Å². The number of hydrogen-bond donors (Lipinski definition) is 4. The summed E-state index contributed by atoms with van der Waals surface area (Å²) in [5.74, 6) is -1.62. The third-order valence-electron chi connectivity index (χ3n) is 3.89. The van der Waals surface area contributed by atoms with Gasteiger partial charge in [-0.2, -0.15) is 0 Å². The van der Waals surface area contributed by atoms with Gasteiger partial charge in [0.25, 0.3) is 0 Å². The van der Waals surface area contributed by atoms with Crippen LogP contribution in [0.4, 0.5) is 11.4 Å². The lowest BCUT2D eigenvalue weighted by Crippen LogP contribution is -2.43. The number of anilines is 2. The second-order valence-corrected chi connectivity index (χ2v) is 5.88. The van der Waals surface area contributed by atoms with E-state index >= 15 is 0 Å². The van der Waals surface area contributed by atoms with Crippen LogP contribution >= 0.6 is 0 Å².